The van der Waals surface area contributed by atoms with Gasteiger partial charge in [0.2, 0.25) is 0 Å². The van der Waals surface area contributed by atoms with Crippen LogP contribution in [0.15, 0.2) is 60.7 Å². The molecule has 2 amide bonds. The first-order valence-electron chi connectivity index (χ1n) is 17.9. The van der Waals surface area contributed by atoms with Crippen LogP contribution in [-0.2, 0) is 9.53 Å². The molecule has 13 heteroatoms. The molecule has 0 radical (unpaired) electrons. The molecule has 0 aliphatic carbocycles. The van der Waals surface area contributed by atoms with Gasteiger partial charge in [0.15, 0.2) is 11.3 Å². The van der Waals surface area contributed by atoms with Crippen LogP contribution in [0.3, 0.4) is 0 Å². The topological polar surface area (TPSA) is 127 Å². The largest absolute Gasteiger partial charge is 0.459 e. The maximum absolute atomic E-state index is 12.3. The Morgan fingerprint density at radius 2 is 1.07 bits per heavy atom. The molecule has 12 nitrogen and oxygen atoms in total. The third-order valence-corrected chi connectivity index (χ3v) is 9.42. The van der Waals surface area contributed by atoms with Crippen LogP contribution in [0.5, 0.6) is 0 Å². The lowest BCUT2D eigenvalue weighted by molar-refractivity contribution is -0.133. The number of esters is 1. The molecule has 56 heavy (non-hydrogen) atoms. The van der Waals surface area contributed by atoms with Crippen molar-refractivity contribution in [1.29, 1.82) is 0 Å². The highest BCUT2D eigenvalue weighted by molar-refractivity contribution is 6.83. The lowest BCUT2D eigenvalue weighted by Gasteiger charge is -2.10. The van der Waals surface area contributed by atoms with Crippen LogP contribution in [0, 0.1) is 51.0 Å². The number of aryl methyl sites for hydroxylation is 4. The molecule has 0 N–H and O–H groups in total. The minimum Gasteiger partial charge on any atom is -0.459 e. The van der Waals surface area contributed by atoms with Gasteiger partial charge in [-0.3, -0.25) is 9.59 Å². The monoisotopic (exact) mass is 766 g/mol. The predicted molar refractivity (Wildman–Crippen MR) is 221 cm³/mol. The maximum Gasteiger partial charge on any atom is 0.384 e. The predicted octanol–water partition coefficient (Wildman–Crippen LogP) is 6.18. The molecule has 0 saturated carbocycles. The third kappa shape index (κ3) is 9.37. The molecule has 0 bridgehead atoms. The van der Waals surface area contributed by atoms with Gasteiger partial charge in [-0.05, 0) is 75.2 Å². The van der Waals surface area contributed by atoms with E-state index in [0.29, 0.717) is 28.2 Å². The number of hydrogen-bond donors (Lipinski definition) is 0. The number of amides is 2. The van der Waals surface area contributed by atoms with Gasteiger partial charge in [-0.1, -0.05) is 43.6 Å². The summed E-state index contributed by atoms with van der Waals surface area (Å²) in [6, 6.07) is 19.1. The average molecular weight is 767 g/mol. The Balaban J connectivity index is 0.000000214. The minimum absolute atomic E-state index is 0.116. The summed E-state index contributed by atoms with van der Waals surface area (Å²) in [5, 5.41) is 9.33. The van der Waals surface area contributed by atoms with E-state index in [9.17, 15) is 14.4 Å². The van der Waals surface area contributed by atoms with Crippen molar-refractivity contribution >= 4 is 37.2 Å². The van der Waals surface area contributed by atoms with Crippen LogP contribution in [-0.4, -0.2) is 100 Å². The normalized spacial score (nSPS) is 10.8. The van der Waals surface area contributed by atoms with E-state index in [2.05, 4.69) is 81.8 Å². The van der Waals surface area contributed by atoms with E-state index in [1.165, 1.54) is 16.9 Å². The number of benzene rings is 2. The number of rotatable bonds is 4. The Morgan fingerprint density at radius 1 is 0.643 bits per heavy atom. The summed E-state index contributed by atoms with van der Waals surface area (Å²) in [5.74, 6) is 7.64. The van der Waals surface area contributed by atoms with Gasteiger partial charge in [-0.25, -0.2) is 23.8 Å². The van der Waals surface area contributed by atoms with Crippen molar-refractivity contribution in [3.63, 3.8) is 0 Å². The van der Waals surface area contributed by atoms with E-state index >= 15 is 0 Å². The smallest absolute Gasteiger partial charge is 0.384 e. The number of methoxy groups -OCH3 is 1. The van der Waals surface area contributed by atoms with E-state index in [-0.39, 0.29) is 11.8 Å². The Kier molecular flexibility index (Phi) is 11.9. The first kappa shape index (κ1) is 40.6. The van der Waals surface area contributed by atoms with Gasteiger partial charge < -0.3 is 14.5 Å². The van der Waals surface area contributed by atoms with Crippen LogP contribution in [0.25, 0.3) is 33.8 Å². The molecule has 6 rings (SSSR count). The lowest BCUT2D eigenvalue weighted by Crippen LogP contribution is -2.23. The number of nitrogens with zero attached hydrogens (tertiary/aromatic N) is 8. The van der Waals surface area contributed by atoms with Crippen LogP contribution in [0.1, 0.15) is 54.6 Å². The Hall–Kier alpha value is -6.57. The SMILES string of the molecule is COC(=O)C#Cc1ccc(-c2cc3nc(C(=O)N(C)C)cc(C)n3n2)c(C)c1.Cc1cc(C#C[Si](C)(C)C)ccc1-c1cc2nc(C(=O)N(C)C)cc(C)n2n1. The van der Waals surface area contributed by atoms with Gasteiger partial charge in [-0.15, -0.1) is 5.54 Å². The van der Waals surface area contributed by atoms with Crippen molar-refractivity contribution in [3.8, 4) is 45.8 Å². The van der Waals surface area contributed by atoms with Crippen molar-refractivity contribution < 1.29 is 19.1 Å². The summed E-state index contributed by atoms with van der Waals surface area (Å²) in [7, 11) is 6.73. The summed E-state index contributed by atoms with van der Waals surface area (Å²) in [4.78, 5) is 47.6. The van der Waals surface area contributed by atoms with Crippen molar-refractivity contribution in [3.05, 3.63) is 106 Å². The number of ether oxygens (including phenoxy) is 1. The third-order valence-electron chi connectivity index (χ3n) is 8.54. The highest BCUT2D eigenvalue weighted by Gasteiger charge is 2.17. The zero-order chi connectivity index (χ0) is 41.1. The summed E-state index contributed by atoms with van der Waals surface area (Å²) < 4.78 is 8.01. The van der Waals surface area contributed by atoms with E-state index in [0.717, 1.165) is 50.6 Å². The van der Waals surface area contributed by atoms with Crippen molar-refractivity contribution in [2.45, 2.75) is 47.3 Å². The van der Waals surface area contributed by atoms with Gasteiger partial charge >= 0.3 is 5.97 Å². The van der Waals surface area contributed by atoms with Gasteiger partial charge in [0.05, 0.1) is 18.5 Å². The van der Waals surface area contributed by atoms with Gasteiger partial charge in [-0.2, -0.15) is 10.2 Å². The first-order chi connectivity index (χ1) is 26.3. The fourth-order valence-corrected chi connectivity index (χ4v) is 6.20. The molecule has 0 aliphatic heterocycles. The maximum atomic E-state index is 12.3. The summed E-state index contributed by atoms with van der Waals surface area (Å²) in [6.45, 7) is 14.5. The van der Waals surface area contributed by atoms with Crippen LogP contribution in [0.2, 0.25) is 19.6 Å². The van der Waals surface area contributed by atoms with Gasteiger partial charge in [0.25, 0.3) is 11.8 Å². The molecule has 4 heterocycles. The van der Waals surface area contributed by atoms with Crippen LogP contribution in [0.4, 0.5) is 0 Å². The second-order valence-electron chi connectivity index (χ2n) is 14.9. The fraction of sp³-hybridized carbons (Fsp3) is 0.279. The van der Waals surface area contributed by atoms with E-state index in [1.54, 1.807) is 49.4 Å². The van der Waals surface area contributed by atoms with Crippen LogP contribution >= 0.6 is 0 Å². The second kappa shape index (κ2) is 16.4. The number of fused-ring (bicyclic) bond motifs is 2. The molecule has 4 aromatic heterocycles. The molecule has 0 unspecified atom stereocenters. The van der Waals surface area contributed by atoms with E-state index in [4.69, 9.17) is 5.10 Å². The number of carbonyl (C=O) groups is 3. The number of hydrogen-bond acceptors (Lipinski definition) is 8. The molecular weight excluding hydrogens is 721 g/mol. The van der Waals surface area contributed by atoms with Gasteiger partial charge in [0.1, 0.15) is 19.5 Å². The number of aromatic nitrogens is 6. The summed E-state index contributed by atoms with van der Waals surface area (Å²) in [6.07, 6.45) is 0. The Morgan fingerprint density at radius 3 is 1.45 bits per heavy atom. The molecule has 0 atom stereocenters. The zero-order valence-electron chi connectivity index (χ0n) is 34.0. The molecule has 286 valence electrons. The molecule has 6 aromatic rings. The second-order valence-corrected chi connectivity index (χ2v) is 19.6. The minimum atomic E-state index is -1.40. The quantitative estimate of drug-likeness (QED) is 0.118. The molecule has 0 saturated heterocycles. The number of carbonyl (C=O) groups excluding carboxylic acids is 3. The van der Waals surface area contributed by atoms with Crippen LogP contribution < -0.4 is 0 Å². The highest BCUT2D eigenvalue weighted by atomic mass is 28.3. The molecule has 0 aliphatic rings. The van der Waals surface area contributed by atoms with E-state index in [1.807, 2.05) is 57.2 Å². The van der Waals surface area contributed by atoms with Crippen molar-refractivity contribution in [2.75, 3.05) is 35.3 Å². The molecular formula is C43H46N8O4Si. The van der Waals surface area contributed by atoms with E-state index < -0.39 is 14.0 Å². The zero-order valence-corrected chi connectivity index (χ0v) is 35.0. The molecule has 2 aromatic carbocycles. The average Bonchev–Trinajstić information content (AvgIpc) is 3.77. The molecule has 0 fully saturated rings. The first-order valence-corrected chi connectivity index (χ1v) is 21.4. The Labute approximate surface area is 328 Å². The van der Waals surface area contributed by atoms with Crippen molar-refractivity contribution in [1.82, 2.24) is 39.0 Å². The summed E-state index contributed by atoms with van der Waals surface area (Å²) >= 11 is 0. The Bertz CT molecular complexity index is 2640. The standard InChI is InChI=1S/C22H26N4OSi.C21H20N4O3/c1-15-12-17(10-11-28(5,6)7)8-9-18(15)19-14-21-23-20(22(27)25(3)4)13-16(2)26(21)24-19;1-13-10-15(7-9-20(26)28-5)6-8-16(13)17-12-19-22-18(21(27)24(3)4)11-14(2)25(19)23-17/h8-9,12-14H,1-7H3;6,8,10-12H,1-5H3. The lowest BCUT2D eigenvalue weighted by atomic mass is 10.0. The fourth-order valence-electron chi connectivity index (χ4n) is 5.68. The van der Waals surface area contributed by atoms with Gasteiger partial charge in [0, 0.05) is 79.9 Å². The molecule has 0 spiro atoms. The summed E-state index contributed by atoms with van der Waals surface area (Å²) in [5.41, 5.74) is 14.6. The van der Waals surface area contributed by atoms with Crippen molar-refractivity contribution in [2.24, 2.45) is 0 Å². The highest BCUT2D eigenvalue weighted by Crippen LogP contribution is 2.26.